The molecule has 29 heavy (non-hydrogen) atoms. The number of nitrogens with one attached hydrogen (secondary N) is 1. The number of fused-ring (bicyclic) bond motifs is 1. The highest BCUT2D eigenvalue weighted by Gasteiger charge is 2.22. The first-order valence-corrected chi connectivity index (χ1v) is 9.28. The number of nitrogens with zero attached hydrogens (tertiary/aromatic N) is 2. The molecule has 2 heterocycles. The van der Waals surface area contributed by atoms with Gasteiger partial charge in [-0.25, -0.2) is 14.2 Å². The van der Waals surface area contributed by atoms with Crippen molar-refractivity contribution in [2.24, 2.45) is 0 Å². The molecule has 3 aromatic rings. The van der Waals surface area contributed by atoms with Crippen molar-refractivity contribution in [3.05, 3.63) is 59.2 Å². The molecule has 152 valence electrons. The summed E-state index contributed by atoms with van der Waals surface area (Å²) in [7, 11) is 0. The quantitative estimate of drug-likeness (QED) is 0.632. The zero-order valence-corrected chi connectivity index (χ0v) is 16.6. The number of esters is 1. The Bertz CT molecular complexity index is 1030. The smallest absolute Gasteiger partial charge is 0.340 e. The molecule has 8 heteroatoms. The molecule has 1 N–H and O–H groups in total. The van der Waals surface area contributed by atoms with Gasteiger partial charge in [-0.2, -0.15) is 0 Å². The van der Waals surface area contributed by atoms with E-state index in [1.165, 1.54) is 25.3 Å². The summed E-state index contributed by atoms with van der Waals surface area (Å²) >= 11 is 0. The van der Waals surface area contributed by atoms with Gasteiger partial charge in [0.15, 0.2) is 6.10 Å². The Kier molecular flexibility index (Phi) is 5.91. The molecule has 0 aliphatic carbocycles. The molecule has 0 fully saturated rings. The molecule has 0 aliphatic heterocycles. The van der Waals surface area contributed by atoms with Gasteiger partial charge in [-0.05, 0) is 43.5 Å². The van der Waals surface area contributed by atoms with Gasteiger partial charge in [-0.1, -0.05) is 31.1 Å². The summed E-state index contributed by atoms with van der Waals surface area (Å²) in [5, 5.41) is 7.35. The molecule has 0 unspecified atom stereocenters. The zero-order valence-electron chi connectivity index (χ0n) is 16.6. The summed E-state index contributed by atoms with van der Waals surface area (Å²) in [6, 6.07) is 7.04. The van der Waals surface area contributed by atoms with Crippen LogP contribution in [0.5, 0.6) is 0 Å². The van der Waals surface area contributed by atoms with E-state index < -0.39 is 18.0 Å². The Hall–Kier alpha value is -3.29. The Balaban J connectivity index is 1.66. The maximum absolute atomic E-state index is 13.0. The predicted molar refractivity (Wildman–Crippen MR) is 104 cm³/mol. The minimum absolute atomic E-state index is 0.0990. The van der Waals surface area contributed by atoms with E-state index in [0.29, 0.717) is 16.8 Å². The summed E-state index contributed by atoms with van der Waals surface area (Å²) < 4.78 is 23.5. The second kappa shape index (κ2) is 8.38. The lowest BCUT2D eigenvalue weighted by molar-refractivity contribution is -0.129. The second-order valence-corrected chi connectivity index (χ2v) is 7.13. The Morgan fingerprint density at radius 1 is 1.14 bits per heavy atom. The molecule has 0 aliphatic rings. The normalized spacial score (nSPS) is 13.3. The molecular formula is C21H22FN3O4. The van der Waals surface area contributed by atoms with Crippen molar-refractivity contribution < 1.29 is 23.2 Å². The fraction of sp³-hybridized carbons (Fsp3) is 0.333. The van der Waals surface area contributed by atoms with Gasteiger partial charge in [0.1, 0.15) is 5.82 Å². The van der Waals surface area contributed by atoms with Gasteiger partial charge in [0, 0.05) is 6.20 Å². The average Bonchev–Trinajstić information content (AvgIpc) is 3.11. The van der Waals surface area contributed by atoms with Crippen LogP contribution in [0.4, 0.5) is 4.39 Å². The highest BCUT2D eigenvalue weighted by molar-refractivity contribution is 5.95. The third-order valence-corrected chi connectivity index (χ3v) is 4.52. The number of halogens is 1. The van der Waals surface area contributed by atoms with Gasteiger partial charge >= 0.3 is 5.97 Å². The summed E-state index contributed by atoms with van der Waals surface area (Å²) in [5.74, 6) is -1.39. The number of hydrogen-bond acceptors (Lipinski definition) is 6. The van der Waals surface area contributed by atoms with Crippen LogP contribution in [-0.2, 0) is 9.53 Å². The summed E-state index contributed by atoms with van der Waals surface area (Å²) in [5.41, 5.74) is 1.97. The van der Waals surface area contributed by atoms with Crippen LogP contribution in [-0.4, -0.2) is 28.1 Å². The minimum atomic E-state index is -1.02. The van der Waals surface area contributed by atoms with Crippen molar-refractivity contribution in [2.75, 3.05) is 0 Å². The highest BCUT2D eigenvalue weighted by Crippen LogP contribution is 2.24. The Morgan fingerprint density at radius 2 is 1.83 bits per heavy atom. The van der Waals surface area contributed by atoms with Crippen LogP contribution in [0.15, 0.2) is 41.1 Å². The summed E-state index contributed by atoms with van der Waals surface area (Å²) in [4.78, 5) is 28.9. The third-order valence-electron chi connectivity index (χ3n) is 4.52. The van der Waals surface area contributed by atoms with Crippen LogP contribution in [0.1, 0.15) is 61.3 Å². The largest absolute Gasteiger partial charge is 0.449 e. The zero-order chi connectivity index (χ0) is 21.1. The molecule has 0 radical (unpaired) electrons. The number of aromatic nitrogens is 2. The first kappa shape index (κ1) is 20.4. The molecule has 2 atom stereocenters. The van der Waals surface area contributed by atoms with E-state index in [9.17, 15) is 14.0 Å². The van der Waals surface area contributed by atoms with Crippen LogP contribution in [0.25, 0.3) is 11.1 Å². The second-order valence-electron chi connectivity index (χ2n) is 7.13. The molecule has 1 amide bonds. The lowest BCUT2D eigenvalue weighted by atomic mass is 10.1. The lowest BCUT2D eigenvalue weighted by Gasteiger charge is -2.18. The summed E-state index contributed by atoms with van der Waals surface area (Å²) in [6.07, 6.45) is 0.305. The third kappa shape index (κ3) is 4.59. The number of ether oxygens (including phenoxy) is 1. The number of rotatable bonds is 6. The van der Waals surface area contributed by atoms with Gasteiger partial charge in [-0.15, -0.1) is 0 Å². The van der Waals surface area contributed by atoms with Gasteiger partial charge in [-0.3, -0.25) is 4.79 Å². The van der Waals surface area contributed by atoms with Crippen molar-refractivity contribution in [2.45, 2.75) is 45.8 Å². The molecule has 7 nitrogen and oxygen atoms in total. The number of pyridine rings is 1. The highest BCUT2D eigenvalue weighted by atomic mass is 19.1. The van der Waals surface area contributed by atoms with E-state index in [2.05, 4.69) is 15.5 Å². The van der Waals surface area contributed by atoms with Crippen LogP contribution < -0.4 is 5.32 Å². The van der Waals surface area contributed by atoms with Crippen LogP contribution in [0.2, 0.25) is 0 Å². The van der Waals surface area contributed by atoms with Crippen LogP contribution in [0.3, 0.4) is 0 Å². The molecule has 3 rings (SSSR count). The van der Waals surface area contributed by atoms with E-state index in [1.807, 2.05) is 13.8 Å². The van der Waals surface area contributed by atoms with Crippen molar-refractivity contribution in [3.8, 4) is 0 Å². The molecule has 0 spiro atoms. The molecule has 0 saturated heterocycles. The molecule has 2 aromatic heterocycles. The molecule has 1 aromatic carbocycles. The number of benzene rings is 1. The maximum Gasteiger partial charge on any atom is 0.340 e. The number of carbonyl (C=O) groups is 2. The molecule has 0 bridgehead atoms. The van der Waals surface area contributed by atoms with E-state index in [0.717, 1.165) is 5.56 Å². The van der Waals surface area contributed by atoms with E-state index in [4.69, 9.17) is 9.26 Å². The Morgan fingerprint density at radius 3 is 2.48 bits per heavy atom. The number of hydrogen-bond donors (Lipinski definition) is 1. The van der Waals surface area contributed by atoms with Crippen molar-refractivity contribution >= 4 is 23.0 Å². The predicted octanol–water partition coefficient (Wildman–Crippen LogP) is 3.91. The number of carbonyl (C=O) groups excluding carboxylic acids is 2. The van der Waals surface area contributed by atoms with Crippen molar-refractivity contribution in [1.82, 2.24) is 15.5 Å². The van der Waals surface area contributed by atoms with Gasteiger partial charge in [0.2, 0.25) is 0 Å². The van der Waals surface area contributed by atoms with Gasteiger partial charge < -0.3 is 14.6 Å². The first-order chi connectivity index (χ1) is 13.8. The summed E-state index contributed by atoms with van der Waals surface area (Å²) in [6.45, 7) is 7.15. The fourth-order valence-electron chi connectivity index (χ4n) is 2.83. The van der Waals surface area contributed by atoms with Gasteiger partial charge in [0.05, 0.1) is 22.7 Å². The first-order valence-electron chi connectivity index (χ1n) is 9.28. The van der Waals surface area contributed by atoms with E-state index in [1.54, 1.807) is 25.1 Å². The maximum atomic E-state index is 13.0. The van der Waals surface area contributed by atoms with Crippen molar-refractivity contribution in [1.29, 1.82) is 0 Å². The van der Waals surface area contributed by atoms with Gasteiger partial charge in [0.25, 0.3) is 11.6 Å². The SMILES string of the molecule is CC(C)c1noc2ncc(C(=O)O[C@H](C)C(=O)N[C@H](C)c3ccc(F)cc3)cc12. The topological polar surface area (TPSA) is 94.3 Å². The number of amides is 1. The van der Waals surface area contributed by atoms with E-state index >= 15 is 0 Å². The van der Waals surface area contributed by atoms with E-state index in [-0.39, 0.29) is 23.3 Å². The lowest BCUT2D eigenvalue weighted by Crippen LogP contribution is -2.37. The Labute approximate surface area is 167 Å². The monoisotopic (exact) mass is 399 g/mol. The molecular weight excluding hydrogens is 377 g/mol. The van der Waals surface area contributed by atoms with Crippen LogP contribution >= 0.6 is 0 Å². The average molecular weight is 399 g/mol. The minimum Gasteiger partial charge on any atom is -0.449 e. The molecule has 0 saturated carbocycles. The van der Waals surface area contributed by atoms with Crippen LogP contribution in [0, 0.1) is 5.82 Å². The standard InChI is InChI=1S/C21H22FN3O4/c1-11(2)18-17-9-15(10-23-20(17)29-25-18)21(27)28-13(4)19(26)24-12(3)14-5-7-16(22)8-6-14/h5-13H,1-4H3,(H,24,26)/t12-,13-/m1/s1. The fourth-order valence-corrected chi connectivity index (χ4v) is 2.83. The van der Waals surface area contributed by atoms with Crippen molar-refractivity contribution in [3.63, 3.8) is 0 Å².